The lowest BCUT2D eigenvalue weighted by molar-refractivity contribution is 0.575. The van der Waals surface area contributed by atoms with E-state index in [4.69, 9.17) is 0 Å². The van der Waals surface area contributed by atoms with E-state index in [1.165, 1.54) is 6.07 Å². The van der Waals surface area contributed by atoms with E-state index >= 15 is 0 Å². The summed E-state index contributed by atoms with van der Waals surface area (Å²) in [5, 5.41) is 3.11. The first-order valence-electron chi connectivity index (χ1n) is 4.54. The number of nitrogens with zero attached hydrogens (tertiary/aromatic N) is 2. The van der Waals surface area contributed by atoms with Crippen LogP contribution in [0.15, 0.2) is 30.0 Å². The van der Waals surface area contributed by atoms with Gasteiger partial charge in [0.2, 0.25) is 0 Å². The molecule has 1 N–H and O–H groups in total. The molecule has 78 valence electrons. The van der Waals surface area contributed by atoms with Crippen molar-refractivity contribution < 1.29 is 4.39 Å². The van der Waals surface area contributed by atoms with Crippen molar-refractivity contribution in [1.82, 2.24) is 15.3 Å². The Morgan fingerprint density at radius 3 is 3.07 bits per heavy atom. The highest BCUT2D eigenvalue weighted by atomic mass is 32.1. The summed E-state index contributed by atoms with van der Waals surface area (Å²) in [4.78, 5) is 9.03. The molecule has 0 amide bonds. The summed E-state index contributed by atoms with van der Waals surface area (Å²) in [6.45, 7) is 1.13. The van der Waals surface area contributed by atoms with Gasteiger partial charge in [0.05, 0.1) is 11.2 Å². The molecule has 2 aromatic heterocycles. The molecular formula is C10H10FN3S. The highest BCUT2D eigenvalue weighted by Gasteiger charge is 2.01. The Bertz CT molecular complexity index is 416. The Morgan fingerprint density at radius 2 is 2.33 bits per heavy atom. The molecule has 0 atom stereocenters. The van der Waals surface area contributed by atoms with Crippen molar-refractivity contribution >= 4 is 11.3 Å². The van der Waals surface area contributed by atoms with Crippen LogP contribution >= 0.6 is 11.3 Å². The van der Waals surface area contributed by atoms with E-state index in [0.29, 0.717) is 18.8 Å². The van der Waals surface area contributed by atoms with Gasteiger partial charge in [-0.2, -0.15) is 0 Å². The van der Waals surface area contributed by atoms with Crippen LogP contribution in [0, 0.1) is 5.82 Å². The van der Waals surface area contributed by atoms with E-state index in [2.05, 4.69) is 15.3 Å². The van der Waals surface area contributed by atoms with Gasteiger partial charge in [-0.1, -0.05) is 0 Å². The Kier molecular flexibility index (Phi) is 3.37. The molecule has 0 aliphatic carbocycles. The summed E-state index contributed by atoms with van der Waals surface area (Å²) in [6.07, 6.45) is 3.39. The number of pyridine rings is 1. The van der Waals surface area contributed by atoms with Crippen LogP contribution < -0.4 is 5.32 Å². The van der Waals surface area contributed by atoms with Gasteiger partial charge in [-0.15, -0.1) is 11.3 Å². The van der Waals surface area contributed by atoms with Crippen LogP contribution in [-0.2, 0) is 13.1 Å². The number of thiazole rings is 1. The predicted molar refractivity (Wildman–Crippen MR) is 56.9 cm³/mol. The van der Waals surface area contributed by atoms with Crippen molar-refractivity contribution in [3.63, 3.8) is 0 Å². The first kappa shape index (κ1) is 10.2. The molecule has 2 aromatic rings. The van der Waals surface area contributed by atoms with Gasteiger partial charge in [0.25, 0.3) is 0 Å². The molecule has 0 aliphatic rings. The lowest BCUT2D eigenvalue weighted by atomic mass is 10.3. The fourth-order valence-corrected chi connectivity index (χ4v) is 1.75. The van der Waals surface area contributed by atoms with Gasteiger partial charge >= 0.3 is 0 Å². The second-order valence-corrected chi connectivity index (χ2v) is 3.97. The first-order valence-corrected chi connectivity index (χ1v) is 5.41. The van der Waals surface area contributed by atoms with Crippen molar-refractivity contribution in [2.45, 2.75) is 13.1 Å². The fraction of sp³-hybridized carbons (Fsp3) is 0.200. The molecule has 0 unspecified atom stereocenters. The minimum atomic E-state index is -0.269. The smallest absolute Gasteiger partial charge is 0.146 e. The van der Waals surface area contributed by atoms with Crippen LogP contribution in [0.3, 0.4) is 0 Å². The second kappa shape index (κ2) is 4.95. The van der Waals surface area contributed by atoms with Crippen LogP contribution in [-0.4, -0.2) is 9.97 Å². The van der Waals surface area contributed by atoms with Gasteiger partial charge in [-0.3, -0.25) is 9.97 Å². The minimum absolute atomic E-state index is 0.269. The Hall–Kier alpha value is -1.33. The Labute approximate surface area is 91.0 Å². The molecule has 0 saturated carbocycles. The molecule has 0 spiro atoms. The summed E-state index contributed by atoms with van der Waals surface area (Å²) in [6, 6.07) is 3.00. The van der Waals surface area contributed by atoms with Crippen molar-refractivity contribution in [2.75, 3.05) is 0 Å². The molecule has 0 fully saturated rings. The molecular weight excluding hydrogens is 213 g/mol. The van der Waals surface area contributed by atoms with E-state index in [1.807, 2.05) is 0 Å². The van der Waals surface area contributed by atoms with Crippen molar-refractivity contribution in [3.05, 3.63) is 46.4 Å². The van der Waals surface area contributed by atoms with Crippen LogP contribution in [0.4, 0.5) is 4.39 Å². The molecule has 15 heavy (non-hydrogen) atoms. The third kappa shape index (κ3) is 2.81. The minimum Gasteiger partial charge on any atom is -0.306 e. The highest BCUT2D eigenvalue weighted by Crippen LogP contribution is 2.06. The van der Waals surface area contributed by atoms with E-state index in [1.54, 1.807) is 35.3 Å². The molecule has 0 aromatic carbocycles. The third-order valence-electron chi connectivity index (χ3n) is 1.91. The lowest BCUT2D eigenvalue weighted by Gasteiger charge is -2.02. The first-order chi connectivity index (χ1) is 7.36. The van der Waals surface area contributed by atoms with Crippen molar-refractivity contribution in [3.8, 4) is 0 Å². The number of hydrogen-bond acceptors (Lipinski definition) is 4. The van der Waals surface area contributed by atoms with Gasteiger partial charge in [0, 0.05) is 30.4 Å². The Morgan fingerprint density at radius 1 is 1.40 bits per heavy atom. The lowest BCUT2D eigenvalue weighted by Crippen LogP contribution is -2.14. The van der Waals surface area contributed by atoms with Crippen LogP contribution in [0.2, 0.25) is 0 Å². The summed E-state index contributed by atoms with van der Waals surface area (Å²) < 4.78 is 13.1. The molecule has 3 nitrogen and oxygen atoms in total. The fourth-order valence-electron chi connectivity index (χ4n) is 1.18. The van der Waals surface area contributed by atoms with Gasteiger partial charge in [0.15, 0.2) is 0 Å². The summed E-state index contributed by atoms with van der Waals surface area (Å²) in [7, 11) is 0. The standard InChI is InChI=1S/C10H10FN3S/c11-9-2-1-3-14-10(9)6-12-4-8-5-13-7-15-8/h1-3,5,7,12H,4,6H2. The number of nitrogens with one attached hydrogen (secondary N) is 1. The SMILES string of the molecule is Fc1cccnc1CNCc1cncs1. The number of hydrogen-bond donors (Lipinski definition) is 1. The monoisotopic (exact) mass is 223 g/mol. The number of halogens is 1. The normalized spacial score (nSPS) is 10.5. The quantitative estimate of drug-likeness (QED) is 0.861. The number of rotatable bonds is 4. The van der Waals surface area contributed by atoms with Crippen molar-refractivity contribution in [1.29, 1.82) is 0 Å². The largest absolute Gasteiger partial charge is 0.306 e. The topological polar surface area (TPSA) is 37.8 Å². The molecule has 0 radical (unpaired) electrons. The zero-order valence-corrected chi connectivity index (χ0v) is 8.80. The van der Waals surface area contributed by atoms with Crippen LogP contribution in [0.25, 0.3) is 0 Å². The third-order valence-corrected chi connectivity index (χ3v) is 2.69. The molecule has 5 heteroatoms. The Balaban J connectivity index is 1.86. The van der Waals surface area contributed by atoms with E-state index in [-0.39, 0.29) is 5.82 Å². The molecule has 2 rings (SSSR count). The summed E-state index contributed by atoms with van der Waals surface area (Å²) >= 11 is 1.57. The molecule has 0 bridgehead atoms. The maximum Gasteiger partial charge on any atom is 0.146 e. The van der Waals surface area contributed by atoms with E-state index in [0.717, 1.165) is 4.88 Å². The molecule has 2 heterocycles. The van der Waals surface area contributed by atoms with Gasteiger partial charge in [-0.25, -0.2) is 4.39 Å². The zero-order valence-electron chi connectivity index (χ0n) is 7.98. The van der Waals surface area contributed by atoms with Crippen LogP contribution in [0.5, 0.6) is 0 Å². The maximum atomic E-state index is 13.1. The second-order valence-electron chi connectivity index (χ2n) is 3.00. The van der Waals surface area contributed by atoms with E-state index in [9.17, 15) is 4.39 Å². The summed E-state index contributed by atoms with van der Waals surface area (Å²) in [5.74, 6) is -0.269. The molecule has 0 saturated heterocycles. The van der Waals surface area contributed by atoms with E-state index < -0.39 is 0 Å². The van der Waals surface area contributed by atoms with Gasteiger partial charge in [-0.05, 0) is 12.1 Å². The molecule has 0 aliphatic heterocycles. The van der Waals surface area contributed by atoms with Gasteiger partial charge < -0.3 is 5.32 Å². The highest BCUT2D eigenvalue weighted by molar-refractivity contribution is 7.09. The zero-order chi connectivity index (χ0) is 10.5. The predicted octanol–water partition coefficient (Wildman–Crippen LogP) is 1.97. The number of aromatic nitrogens is 2. The van der Waals surface area contributed by atoms with Gasteiger partial charge in [0.1, 0.15) is 5.82 Å². The average molecular weight is 223 g/mol. The van der Waals surface area contributed by atoms with Crippen molar-refractivity contribution in [2.24, 2.45) is 0 Å². The summed E-state index contributed by atoms with van der Waals surface area (Å²) in [5.41, 5.74) is 2.22. The maximum absolute atomic E-state index is 13.1. The average Bonchev–Trinajstić information content (AvgIpc) is 2.74. The van der Waals surface area contributed by atoms with Crippen LogP contribution in [0.1, 0.15) is 10.6 Å².